The summed E-state index contributed by atoms with van der Waals surface area (Å²) in [5.74, 6) is 0.0180. The van der Waals surface area contributed by atoms with Crippen molar-refractivity contribution in [1.29, 1.82) is 0 Å². The Labute approximate surface area is 174 Å². The number of pyridine rings is 1. The van der Waals surface area contributed by atoms with E-state index in [0.717, 1.165) is 48.4 Å². The molecule has 0 saturated carbocycles. The number of methoxy groups -OCH3 is 1. The van der Waals surface area contributed by atoms with Crippen molar-refractivity contribution >= 4 is 5.91 Å². The van der Waals surface area contributed by atoms with Crippen LogP contribution >= 0.6 is 0 Å². The van der Waals surface area contributed by atoms with Crippen molar-refractivity contribution in [3.63, 3.8) is 0 Å². The predicted molar refractivity (Wildman–Crippen MR) is 112 cm³/mol. The Morgan fingerprint density at radius 1 is 1.30 bits per heavy atom. The molecule has 1 aromatic carbocycles. The number of likely N-dealkylation sites (N-methyl/N-ethyl adjacent to an activating group) is 1. The van der Waals surface area contributed by atoms with E-state index in [4.69, 9.17) is 10.5 Å². The van der Waals surface area contributed by atoms with E-state index in [-0.39, 0.29) is 11.6 Å². The van der Waals surface area contributed by atoms with Crippen molar-refractivity contribution in [2.75, 3.05) is 20.7 Å². The van der Waals surface area contributed by atoms with E-state index in [2.05, 4.69) is 29.1 Å². The highest BCUT2D eigenvalue weighted by Crippen LogP contribution is 2.56. The second-order valence-electron chi connectivity index (χ2n) is 9.07. The van der Waals surface area contributed by atoms with Crippen LogP contribution < -0.4 is 16.0 Å². The van der Waals surface area contributed by atoms with Crippen molar-refractivity contribution in [2.45, 2.75) is 49.2 Å². The van der Waals surface area contributed by atoms with E-state index in [9.17, 15) is 14.7 Å². The number of aromatic nitrogens is 1. The number of benzene rings is 1. The summed E-state index contributed by atoms with van der Waals surface area (Å²) < 4.78 is 5.51. The Hall–Kier alpha value is -2.64. The number of hydrogen-bond donors (Lipinski definition) is 3. The zero-order chi connectivity index (χ0) is 21.3. The van der Waals surface area contributed by atoms with Gasteiger partial charge in [0.1, 0.15) is 11.3 Å². The standard InChI is InChI=1S/C23H27N3O4/c1-26-7-3-6-22-12-18-14(8-16(20(24)27)21(28)25-18)11-23(22,29)19(26)9-13-4-5-15(30-2)10-17(13)22/h4-5,8,10,19,29H,3,6-7,9,11-12H2,1-2H3,(H2,24,27)(H,25,28). The number of nitrogens with two attached hydrogens (primary N) is 1. The third-order valence-corrected chi connectivity index (χ3v) is 7.69. The molecule has 2 aliphatic carbocycles. The van der Waals surface area contributed by atoms with Crippen LogP contribution in [-0.2, 0) is 24.7 Å². The first-order valence-electron chi connectivity index (χ1n) is 10.4. The topological polar surface area (TPSA) is 109 Å². The third kappa shape index (κ3) is 2.45. The molecule has 3 atom stereocenters. The maximum Gasteiger partial charge on any atom is 0.261 e. The fraction of sp³-hybridized carbons (Fsp3) is 0.478. The number of primary amides is 1. The first-order valence-corrected chi connectivity index (χ1v) is 10.4. The average molecular weight is 409 g/mol. The number of aliphatic hydroxyl groups is 1. The van der Waals surface area contributed by atoms with Gasteiger partial charge in [-0.2, -0.15) is 0 Å². The molecule has 2 bridgehead atoms. The van der Waals surface area contributed by atoms with Gasteiger partial charge in [-0.05, 0) is 67.7 Å². The minimum absolute atomic E-state index is 0.0532. The highest BCUT2D eigenvalue weighted by Gasteiger charge is 2.62. The molecule has 1 saturated heterocycles. The molecular weight excluding hydrogens is 382 g/mol. The highest BCUT2D eigenvalue weighted by molar-refractivity contribution is 5.92. The van der Waals surface area contributed by atoms with E-state index in [0.29, 0.717) is 12.8 Å². The molecule has 1 aliphatic heterocycles. The SMILES string of the molecule is COc1ccc2c(c1)C13CCCN(C)C(C2)C1(O)Cc1cc(C(N)=O)c(=O)[nH]c1C3. The van der Waals surface area contributed by atoms with E-state index in [1.807, 2.05) is 6.07 Å². The number of carbonyl (C=O) groups excluding carboxylic acids is 1. The summed E-state index contributed by atoms with van der Waals surface area (Å²) in [6.45, 7) is 0.902. The molecule has 158 valence electrons. The van der Waals surface area contributed by atoms with Crippen molar-refractivity contribution in [3.05, 3.63) is 62.6 Å². The van der Waals surface area contributed by atoms with Crippen LogP contribution in [0.2, 0.25) is 0 Å². The van der Waals surface area contributed by atoms with E-state index in [1.165, 1.54) is 5.56 Å². The number of aromatic amines is 1. The highest BCUT2D eigenvalue weighted by atomic mass is 16.5. The first kappa shape index (κ1) is 19.3. The molecule has 3 unspecified atom stereocenters. The Morgan fingerprint density at radius 3 is 2.83 bits per heavy atom. The number of amides is 1. The van der Waals surface area contributed by atoms with Crippen LogP contribution in [0.3, 0.4) is 0 Å². The molecule has 0 radical (unpaired) electrons. The van der Waals surface area contributed by atoms with Crippen LogP contribution in [0.4, 0.5) is 0 Å². The normalized spacial score (nSPS) is 29.9. The molecule has 5 rings (SSSR count). The second-order valence-corrected chi connectivity index (χ2v) is 9.07. The van der Waals surface area contributed by atoms with Crippen LogP contribution in [0.1, 0.15) is 45.6 Å². The molecule has 1 aromatic heterocycles. The number of carbonyl (C=O) groups is 1. The van der Waals surface area contributed by atoms with Gasteiger partial charge in [0.25, 0.3) is 11.5 Å². The maximum atomic E-state index is 12.5. The molecular formula is C23H27N3O4. The summed E-state index contributed by atoms with van der Waals surface area (Å²) in [6.07, 6.45) is 3.38. The molecule has 4 N–H and O–H groups in total. The summed E-state index contributed by atoms with van der Waals surface area (Å²) in [7, 11) is 3.72. The number of rotatable bonds is 2. The van der Waals surface area contributed by atoms with Gasteiger partial charge in [0, 0.05) is 30.0 Å². The number of fused-ring (bicyclic) bond motifs is 2. The lowest BCUT2D eigenvalue weighted by Crippen LogP contribution is -2.68. The fourth-order valence-corrected chi connectivity index (χ4v) is 6.22. The molecule has 7 heteroatoms. The van der Waals surface area contributed by atoms with Gasteiger partial charge < -0.3 is 25.5 Å². The molecule has 3 aliphatic rings. The lowest BCUT2D eigenvalue weighted by Gasteiger charge is -2.58. The van der Waals surface area contributed by atoms with Gasteiger partial charge in [-0.1, -0.05) is 6.07 Å². The molecule has 2 heterocycles. The molecule has 2 aromatic rings. The number of ether oxygens (including phenoxy) is 1. The van der Waals surface area contributed by atoms with Gasteiger partial charge in [0.05, 0.1) is 12.7 Å². The summed E-state index contributed by atoms with van der Waals surface area (Å²) in [5, 5.41) is 12.4. The van der Waals surface area contributed by atoms with Gasteiger partial charge in [0.15, 0.2) is 0 Å². The summed E-state index contributed by atoms with van der Waals surface area (Å²) >= 11 is 0. The van der Waals surface area contributed by atoms with Crippen molar-refractivity contribution in [1.82, 2.24) is 9.88 Å². The third-order valence-electron chi connectivity index (χ3n) is 7.69. The zero-order valence-corrected chi connectivity index (χ0v) is 17.3. The smallest absolute Gasteiger partial charge is 0.261 e. The predicted octanol–water partition coefficient (Wildman–Crippen LogP) is 0.900. The first-order chi connectivity index (χ1) is 14.3. The van der Waals surface area contributed by atoms with Gasteiger partial charge in [-0.25, -0.2) is 0 Å². The molecule has 7 nitrogen and oxygen atoms in total. The number of nitrogens with one attached hydrogen (secondary N) is 1. The number of likely N-dealkylation sites (tertiary alicyclic amines) is 1. The van der Waals surface area contributed by atoms with Gasteiger partial charge in [-0.3, -0.25) is 9.59 Å². The van der Waals surface area contributed by atoms with Crippen LogP contribution in [0, 0.1) is 0 Å². The van der Waals surface area contributed by atoms with E-state index < -0.39 is 22.5 Å². The lowest BCUT2D eigenvalue weighted by atomic mass is 9.51. The summed E-state index contributed by atoms with van der Waals surface area (Å²) in [6, 6.07) is 7.66. The van der Waals surface area contributed by atoms with Crippen molar-refractivity contribution < 1.29 is 14.6 Å². The van der Waals surface area contributed by atoms with Gasteiger partial charge >= 0.3 is 0 Å². The maximum absolute atomic E-state index is 12.5. The zero-order valence-electron chi connectivity index (χ0n) is 17.3. The minimum atomic E-state index is -1.03. The Morgan fingerprint density at radius 2 is 2.10 bits per heavy atom. The molecule has 30 heavy (non-hydrogen) atoms. The summed E-state index contributed by atoms with van der Waals surface area (Å²) in [4.78, 5) is 29.4. The van der Waals surface area contributed by atoms with Crippen LogP contribution in [-0.4, -0.2) is 53.2 Å². The quantitative estimate of drug-likeness (QED) is 0.683. The molecule has 0 spiro atoms. The van der Waals surface area contributed by atoms with Crippen molar-refractivity contribution in [3.8, 4) is 5.75 Å². The lowest BCUT2D eigenvalue weighted by molar-refractivity contribution is -0.105. The van der Waals surface area contributed by atoms with Crippen LogP contribution in [0.15, 0.2) is 29.1 Å². The molecule has 1 amide bonds. The fourth-order valence-electron chi connectivity index (χ4n) is 6.22. The largest absolute Gasteiger partial charge is 0.497 e. The van der Waals surface area contributed by atoms with Gasteiger partial charge in [0.2, 0.25) is 0 Å². The van der Waals surface area contributed by atoms with Crippen LogP contribution in [0.25, 0.3) is 0 Å². The second kappa shape index (κ2) is 6.43. The average Bonchev–Trinajstić information content (AvgIpc) is 2.76. The van der Waals surface area contributed by atoms with Crippen LogP contribution in [0.5, 0.6) is 5.75 Å². The minimum Gasteiger partial charge on any atom is -0.497 e. The number of H-pyrrole nitrogens is 1. The summed E-state index contributed by atoms with van der Waals surface area (Å²) in [5.41, 5.74) is 7.24. The van der Waals surface area contributed by atoms with Crippen molar-refractivity contribution in [2.24, 2.45) is 5.73 Å². The Bertz CT molecular complexity index is 1110. The number of nitrogens with zero attached hydrogens (tertiary/aromatic N) is 1. The monoisotopic (exact) mass is 409 g/mol. The van der Waals surface area contributed by atoms with E-state index in [1.54, 1.807) is 13.2 Å². The number of hydrogen-bond acceptors (Lipinski definition) is 5. The van der Waals surface area contributed by atoms with E-state index >= 15 is 0 Å². The molecule has 1 fully saturated rings. The Kier molecular flexibility index (Phi) is 4.14. The van der Waals surface area contributed by atoms with Gasteiger partial charge in [-0.15, -0.1) is 0 Å². The Balaban J connectivity index is 1.78.